The molecule has 2 aromatic carbocycles. The summed E-state index contributed by atoms with van der Waals surface area (Å²) in [4.78, 5) is 17.0. The second-order valence-electron chi connectivity index (χ2n) is 5.61. The molecular weight excluding hydrogens is 306 g/mol. The number of aromatic nitrogens is 2. The highest BCUT2D eigenvalue weighted by molar-refractivity contribution is 5.81. The average Bonchev–Trinajstić information content (AvgIpc) is 2.63. The molecule has 1 unspecified atom stereocenters. The van der Waals surface area contributed by atoms with Crippen molar-refractivity contribution in [2.45, 2.75) is 12.6 Å². The van der Waals surface area contributed by atoms with Gasteiger partial charge in [-0.05, 0) is 23.8 Å². The van der Waals surface area contributed by atoms with Gasteiger partial charge in [0.2, 0.25) is 0 Å². The first-order chi connectivity index (χ1) is 11.7. The lowest BCUT2D eigenvalue weighted by molar-refractivity contribution is 0.105. The second kappa shape index (κ2) is 7.25. The van der Waals surface area contributed by atoms with Crippen LogP contribution >= 0.6 is 0 Å². The molecule has 3 rings (SSSR count). The van der Waals surface area contributed by atoms with Gasteiger partial charge in [0.25, 0.3) is 5.56 Å². The zero-order valence-electron chi connectivity index (χ0n) is 13.1. The molecule has 0 saturated carbocycles. The molecule has 6 nitrogen and oxygen atoms in total. The predicted molar refractivity (Wildman–Crippen MR) is 93.1 cm³/mol. The van der Waals surface area contributed by atoms with Crippen molar-refractivity contribution in [3.05, 3.63) is 70.8 Å². The highest BCUT2D eigenvalue weighted by Gasteiger charge is 2.07. The molecule has 3 aromatic rings. The van der Waals surface area contributed by atoms with Crippen molar-refractivity contribution in [2.24, 2.45) is 0 Å². The van der Waals surface area contributed by atoms with Crippen LogP contribution in [-0.2, 0) is 6.54 Å². The Morgan fingerprint density at radius 2 is 1.96 bits per heavy atom. The Morgan fingerprint density at radius 3 is 2.71 bits per heavy atom. The number of aliphatic hydroxyl groups excluding tert-OH is 2. The molecule has 124 valence electrons. The number of hydrogen-bond acceptors (Lipinski definition) is 5. The second-order valence-corrected chi connectivity index (χ2v) is 5.61. The van der Waals surface area contributed by atoms with E-state index >= 15 is 0 Å². The summed E-state index contributed by atoms with van der Waals surface area (Å²) in [7, 11) is 0. The molecule has 6 heteroatoms. The summed E-state index contributed by atoms with van der Waals surface area (Å²) >= 11 is 0. The summed E-state index contributed by atoms with van der Waals surface area (Å²) in [6.07, 6.45) is 0.713. The molecular formula is C18H19N3O3. The zero-order valence-corrected chi connectivity index (χ0v) is 13.1. The normalized spacial score (nSPS) is 12.2. The quantitative estimate of drug-likeness (QED) is 0.634. The summed E-state index contributed by atoms with van der Waals surface area (Å²) in [5.74, 6) is 0. The van der Waals surface area contributed by atoms with Crippen LogP contribution in [0, 0.1) is 0 Å². The van der Waals surface area contributed by atoms with Gasteiger partial charge in [-0.1, -0.05) is 30.3 Å². The van der Waals surface area contributed by atoms with Crippen LogP contribution in [0.15, 0.2) is 59.7 Å². The molecule has 1 atom stereocenters. The predicted octanol–water partition coefficient (Wildman–Crippen LogP) is 1.21. The van der Waals surface area contributed by atoms with Gasteiger partial charge >= 0.3 is 0 Å². The third kappa shape index (κ3) is 3.61. The topological polar surface area (TPSA) is 87.4 Å². The van der Waals surface area contributed by atoms with Crippen molar-refractivity contribution in [3.63, 3.8) is 0 Å². The lowest BCUT2D eigenvalue weighted by atomic mass is 10.2. The Morgan fingerprint density at radius 1 is 1.17 bits per heavy atom. The summed E-state index contributed by atoms with van der Waals surface area (Å²) in [6.45, 7) is 0.357. The minimum Gasteiger partial charge on any atom is -0.394 e. The van der Waals surface area contributed by atoms with Crippen LogP contribution in [0.25, 0.3) is 10.9 Å². The lowest BCUT2D eigenvalue weighted by Gasteiger charge is -2.11. The molecule has 0 bridgehead atoms. The van der Waals surface area contributed by atoms with Gasteiger partial charge in [0.05, 0.1) is 36.5 Å². The van der Waals surface area contributed by atoms with Gasteiger partial charge in [-0.2, -0.15) is 0 Å². The van der Waals surface area contributed by atoms with Crippen molar-refractivity contribution in [1.29, 1.82) is 0 Å². The fraction of sp³-hybridized carbons (Fsp3) is 0.222. The van der Waals surface area contributed by atoms with Crippen molar-refractivity contribution >= 4 is 16.6 Å². The van der Waals surface area contributed by atoms with Crippen molar-refractivity contribution in [1.82, 2.24) is 9.55 Å². The minimum absolute atomic E-state index is 0.116. The summed E-state index contributed by atoms with van der Waals surface area (Å²) in [5.41, 5.74) is 2.24. The maximum atomic E-state index is 12.7. The van der Waals surface area contributed by atoms with E-state index in [1.807, 2.05) is 30.3 Å². The van der Waals surface area contributed by atoms with Crippen LogP contribution in [0.4, 0.5) is 5.69 Å². The maximum Gasteiger partial charge on any atom is 0.261 e. The molecule has 0 saturated heterocycles. The highest BCUT2D eigenvalue weighted by atomic mass is 16.3. The molecule has 0 amide bonds. The molecule has 0 radical (unpaired) electrons. The van der Waals surface area contributed by atoms with E-state index in [0.29, 0.717) is 23.1 Å². The molecule has 0 aliphatic carbocycles. The Bertz CT molecular complexity index is 878. The number of aliphatic hydroxyl groups is 2. The van der Waals surface area contributed by atoms with E-state index < -0.39 is 6.10 Å². The summed E-state index contributed by atoms with van der Waals surface area (Å²) in [6, 6.07) is 15.0. The van der Waals surface area contributed by atoms with Gasteiger partial charge in [-0.25, -0.2) is 4.98 Å². The summed E-state index contributed by atoms with van der Waals surface area (Å²) in [5, 5.41) is 21.8. The van der Waals surface area contributed by atoms with Gasteiger partial charge in [0, 0.05) is 12.2 Å². The Kier molecular flexibility index (Phi) is 4.88. The first-order valence-electron chi connectivity index (χ1n) is 7.73. The highest BCUT2D eigenvalue weighted by Crippen LogP contribution is 2.14. The number of nitrogens with one attached hydrogen (secondary N) is 1. The van der Waals surface area contributed by atoms with Gasteiger partial charge in [0.1, 0.15) is 0 Å². The van der Waals surface area contributed by atoms with E-state index in [4.69, 9.17) is 5.11 Å². The van der Waals surface area contributed by atoms with Crippen LogP contribution in [-0.4, -0.2) is 39.0 Å². The van der Waals surface area contributed by atoms with Gasteiger partial charge in [-0.3, -0.25) is 9.36 Å². The van der Waals surface area contributed by atoms with Crippen LogP contribution in [0.3, 0.4) is 0 Å². The third-order valence-corrected chi connectivity index (χ3v) is 3.77. The number of hydrogen-bond donors (Lipinski definition) is 3. The van der Waals surface area contributed by atoms with Crippen LogP contribution in [0.2, 0.25) is 0 Å². The smallest absolute Gasteiger partial charge is 0.261 e. The van der Waals surface area contributed by atoms with E-state index in [-0.39, 0.29) is 18.7 Å². The fourth-order valence-corrected chi connectivity index (χ4v) is 2.46. The summed E-state index contributed by atoms with van der Waals surface area (Å²) < 4.78 is 1.57. The first kappa shape index (κ1) is 16.2. The van der Waals surface area contributed by atoms with E-state index in [9.17, 15) is 9.90 Å². The van der Waals surface area contributed by atoms with E-state index in [1.165, 1.54) is 0 Å². The van der Waals surface area contributed by atoms with Crippen LogP contribution in [0.1, 0.15) is 5.56 Å². The third-order valence-electron chi connectivity index (χ3n) is 3.77. The van der Waals surface area contributed by atoms with Crippen molar-refractivity contribution in [3.8, 4) is 0 Å². The number of rotatable bonds is 6. The van der Waals surface area contributed by atoms with Crippen LogP contribution < -0.4 is 10.9 Å². The molecule has 24 heavy (non-hydrogen) atoms. The molecule has 0 aliphatic heterocycles. The number of anilines is 1. The number of benzene rings is 2. The molecule has 0 fully saturated rings. The SMILES string of the molecule is O=c1c2cc(NCC(O)CO)ccc2ncn1Cc1ccccc1. The standard InChI is InChI=1S/C18H19N3O3/c22-11-15(23)9-19-14-6-7-17-16(8-14)18(24)21(12-20-17)10-13-4-2-1-3-5-13/h1-8,12,15,19,22-23H,9-11H2. The molecule has 1 aromatic heterocycles. The Hall–Kier alpha value is -2.70. The van der Waals surface area contributed by atoms with Gasteiger partial charge < -0.3 is 15.5 Å². The molecule has 0 spiro atoms. The maximum absolute atomic E-state index is 12.7. The Labute approximate surface area is 139 Å². The Balaban J connectivity index is 1.90. The fourth-order valence-electron chi connectivity index (χ4n) is 2.46. The average molecular weight is 325 g/mol. The van der Waals surface area contributed by atoms with E-state index in [0.717, 1.165) is 5.56 Å². The monoisotopic (exact) mass is 325 g/mol. The minimum atomic E-state index is -0.843. The van der Waals surface area contributed by atoms with Crippen molar-refractivity contribution < 1.29 is 10.2 Å². The molecule has 0 aliphatic rings. The van der Waals surface area contributed by atoms with E-state index in [2.05, 4.69) is 10.3 Å². The van der Waals surface area contributed by atoms with Crippen LogP contribution in [0.5, 0.6) is 0 Å². The number of fused-ring (bicyclic) bond motifs is 1. The van der Waals surface area contributed by atoms with Gasteiger partial charge in [0.15, 0.2) is 0 Å². The molecule has 1 heterocycles. The zero-order chi connectivity index (χ0) is 16.9. The number of nitrogens with zero attached hydrogens (tertiary/aromatic N) is 2. The first-order valence-corrected chi connectivity index (χ1v) is 7.73. The van der Waals surface area contributed by atoms with E-state index in [1.54, 1.807) is 29.1 Å². The van der Waals surface area contributed by atoms with Gasteiger partial charge in [-0.15, -0.1) is 0 Å². The largest absolute Gasteiger partial charge is 0.394 e. The lowest BCUT2D eigenvalue weighted by Crippen LogP contribution is -2.23. The molecule has 3 N–H and O–H groups in total. The van der Waals surface area contributed by atoms with Crippen molar-refractivity contribution in [2.75, 3.05) is 18.5 Å².